The molecule has 146 valence electrons. The second-order valence-corrected chi connectivity index (χ2v) is 7.37. The quantitative estimate of drug-likeness (QED) is 0.844. The van der Waals surface area contributed by atoms with Crippen LogP contribution in [0, 0.1) is 0 Å². The smallest absolute Gasteiger partial charge is 0.261 e. The average Bonchev–Trinajstić information content (AvgIpc) is 3.14. The Bertz CT molecular complexity index is 840. The van der Waals surface area contributed by atoms with Gasteiger partial charge >= 0.3 is 0 Å². The van der Waals surface area contributed by atoms with Gasteiger partial charge in [-0.15, -0.1) is 0 Å². The fraction of sp³-hybridized carbons (Fsp3) is 0.550. The molecule has 0 unspecified atom stereocenters. The minimum absolute atomic E-state index is 0.170. The first-order valence-electron chi connectivity index (χ1n) is 9.53. The van der Waals surface area contributed by atoms with Gasteiger partial charge in [0, 0.05) is 50.7 Å². The summed E-state index contributed by atoms with van der Waals surface area (Å²) in [6, 6.07) is 3.48. The summed E-state index contributed by atoms with van der Waals surface area (Å²) in [4.78, 5) is 34.4. The fourth-order valence-corrected chi connectivity index (χ4v) is 3.60. The number of carbonyl (C=O) groups excluding carboxylic acids is 1. The summed E-state index contributed by atoms with van der Waals surface area (Å²) in [5, 5.41) is 0. The zero-order valence-electron chi connectivity index (χ0n) is 16.3. The van der Waals surface area contributed by atoms with E-state index in [1.54, 1.807) is 24.3 Å². The first kappa shape index (κ1) is 19.4. The van der Waals surface area contributed by atoms with Gasteiger partial charge in [0.25, 0.3) is 11.5 Å². The highest BCUT2D eigenvalue weighted by Gasteiger charge is 2.29. The van der Waals surface area contributed by atoms with Crippen molar-refractivity contribution in [1.29, 1.82) is 0 Å². The second kappa shape index (κ2) is 8.52. The van der Waals surface area contributed by atoms with Crippen LogP contribution < -0.4 is 5.56 Å². The molecule has 0 aliphatic carbocycles. The van der Waals surface area contributed by atoms with Crippen LogP contribution in [-0.4, -0.2) is 52.1 Å². The maximum Gasteiger partial charge on any atom is 0.261 e. The molecule has 0 saturated carbocycles. The number of carbonyl (C=O) groups is 1. The number of methoxy groups -OCH3 is 1. The maximum atomic E-state index is 12.9. The minimum Gasteiger partial charge on any atom is -0.383 e. The van der Waals surface area contributed by atoms with E-state index < -0.39 is 0 Å². The molecular formula is C20H28N4O3. The lowest BCUT2D eigenvalue weighted by molar-refractivity contribution is 0.0700. The van der Waals surface area contributed by atoms with Gasteiger partial charge in [-0.25, -0.2) is 4.98 Å². The first-order chi connectivity index (χ1) is 13.0. The Morgan fingerprint density at radius 1 is 1.41 bits per heavy atom. The molecule has 1 atom stereocenters. The molecule has 27 heavy (non-hydrogen) atoms. The van der Waals surface area contributed by atoms with Crippen LogP contribution in [0.25, 0.3) is 0 Å². The lowest BCUT2D eigenvalue weighted by atomic mass is 9.96. The van der Waals surface area contributed by atoms with E-state index in [-0.39, 0.29) is 28.9 Å². The standard InChI is InChI=1S/C20H28N4O3/c1-14(2)17-7-6-16(19(25)22-17)20(26)24-9-4-5-15(13-24)18-21-8-10-23(18)11-12-27-3/h6-8,10,14-15H,4-5,9,11-13H2,1-3H3,(H,22,25)/t15-/m1/s1. The van der Waals surface area contributed by atoms with Gasteiger partial charge < -0.3 is 19.2 Å². The number of pyridine rings is 1. The Hall–Kier alpha value is -2.41. The molecule has 1 amide bonds. The molecule has 3 heterocycles. The van der Waals surface area contributed by atoms with Crippen LogP contribution in [0.3, 0.4) is 0 Å². The summed E-state index contributed by atoms with van der Waals surface area (Å²) in [6.45, 7) is 6.62. The Balaban J connectivity index is 1.76. The van der Waals surface area contributed by atoms with E-state index in [1.165, 1.54) is 0 Å². The zero-order valence-corrected chi connectivity index (χ0v) is 16.3. The largest absolute Gasteiger partial charge is 0.383 e. The van der Waals surface area contributed by atoms with E-state index in [2.05, 4.69) is 14.5 Å². The molecular weight excluding hydrogens is 344 g/mol. The van der Waals surface area contributed by atoms with E-state index in [0.717, 1.165) is 30.9 Å². The zero-order chi connectivity index (χ0) is 19.4. The molecule has 2 aromatic rings. The van der Waals surface area contributed by atoms with Crippen molar-refractivity contribution in [2.75, 3.05) is 26.8 Å². The number of rotatable bonds is 6. The molecule has 0 spiro atoms. The van der Waals surface area contributed by atoms with Crippen LogP contribution >= 0.6 is 0 Å². The van der Waals surface area contributed by atoms with Crippen molar-refractivity contribution >= 4 is 5.91 Å². The third kappa shape index (κ3) is 4.30. The van der Waals surface area contributed by atoms with E-state index in [9.17, 15) is 9.59 Å². The molecule has 7 heteroatoms. The average molecular weight is 372 g/mol. The molecule has 1 aliphatic heterocycles. The van der Waals surface area contributed by atoms with Gasteiger partial charge in [-0.2, -0.15) is 0 Å². The number of piperidine rings is 1. The monoisotopic (exact) mass is 372 g/mol. The Morgan fingerprint density at radius 3 is 2.93 bits per heavy atom. The summed E-state index contributed by atoms with van der Waals surface area (Å²) >= 11 is 0. The Morgan fingerprint density at radius 2 is 2.22 bits per heavy atom. The van der Waals surface area contributed by atoms with Gasteiger partial charge in [-0.05, 0) is 30.9 Å². The topological polar surface area (TPSA) is 80.2 Å². The molecule has 0 aromatic carbocycles. The van der Waals surface area contributed by atoms with E-state index >= 15 is 0 Å². The van der Waals surface area contributed by atoms with Crippen molar-refractivity contribution in [2.45, 2.75) is 45.1 Å². The van der Waals surface area contributed by atoms with Crippen molar-refractivity contribution in [3.63, 3.8) is 0 Å². The number of amides is 1. The normalized spacial score (nSPS) is 17.5. The predicted octanol–water partition coefficient (Wildman–Crippen LogP) is 2.36. The summed E-state index contributed by atoms with van der Waals surface area (Å²) in [5.41, 5.74) is 0.742. The van der Waals surface area contributed by atoms with Crippen LogP contribution in [0.1, 0.15) is 60.4 Å². The van der Waals surface area contributed by atoms with Gasteiger partial charge in [0.1, 0.15) is 11.4 Å². The molecule has 1 N–H and O–H groups in total. The fourth-order valence-electron chi connectivity index (χ4n) is 3.60. The highest BCUT2D eigenvalue weighted by molar-refractivity contribution is 5.94. The summed E-state index contributed by atoms with van der Waals surface area (Å²) in [5.74, 6) is 1.16. The van der Waals surface area contributed by atoms with E-state index in [4.69, 9.17) is 4.74 Å². The number of aromatic nitrogens is 3. The van der Waals surface area contributed by atoms with Crippen LogP contribution in [-0.2, 0) is 11.3 Å². The molecule has 0 bridgehead atoms. The number of hydrogen-bond acceptors (Lipinski definition) is 4. The highest BCUT2D eigenvalue weighted by Crippen LogP contribution is 2.26. The van der Waals surface area contributed by atoms with Crippen LogP contribution in [0.2, 0.25) is 0 Å². The predicted molar refractivity (Wildman–Crippen MR) is 103 cm³/mol. The highest BCUT2D eigenvalue weighted by atomic mass is 16.5. The maximum absolute atomic E-state index is 12.9. The summed E-state index contributed by atoms with van der Waals surface area (Å²) in [7, 11) is 1.68. The van der Waals surface area contributed by atoms with Crippen molar-refractivity contribution in [3.05, 3.63) is 52.0 Å². The number of H-pyrrole nitrogens is 1. The van der Waals surface area contributed by atoms with Crippen molar-refractivity contribution in [3.8, 4) is 0 Å². The Labute approximate surface area is 159 Å². The number of nitrogens with one attached hydrogen (secondary N) is 1. The number of imidazole rings is 1. The minimum atomic E-state index is -0.310. The summed E-state index contributed by atoms with van der Waals surface area (Å²) in [6.07, 6.45) is 5.62. The molecule has 1 fully saturated rings. The molecule has 0 radical (unpaired) electrons. The second-order valence-electron chi connectivity index (χ2n) is 7.37. The molecule has 2 aromatic heterocycles. The van der Waals surface area contributed by atoms with Crippen LogP contribution in [0.5, 0.6) is 0 Å². The molecule has 7 nitrogen and oxygen atoms in total. The van der Waals surface area contributed by atoms with E-state index in [0.29, 0.717) is 19.7 Å². The number of ether oxygens (including phenoxy) is 1. The van der Waals surface area contributed by atoms with E-state index in [1.807, 2.05) is 26.1 Å². The summed E-state index contributed by atoms with van der Waals surface area (Å²) < 4.78 is 7.25. The van der Waals surface area contributed by atoms with Crippen LogP contribution in [0.15, 0.2) is 29.3 Å². The van der Waals surface area contributed by atoms with Gasteiger partial charge in [0.05, 0.1) is 6.61 Å². The van der Waals surface area contributed by atoms with Crippen molar-refractivity contribution in [1.82, 2.24) is 19.4 Å². The van der Waals surface area contributed by atoms with Gasteiger partial charge in [-0.1, -0.05) is 13.8 Å². The molecule has 3 rings (SSSR count). The SMILES string of the molecule is COCCn1ccnc1[C@@H]1CCCN(C(=O)c2ccc(C(C)C)[nH]c2=O)C1. The number of aromatic amines is 1. The Kier molecular flexibility index (Phi) is 6.11. The first-order valence-corrected chi connectivity index (χ1v) is 9.53. The van der Waals surface area contributed by atoms with Gasteiger partial charge in [-0.3, -0.25) is 9.59 Å². The number of hydrogen-bond donors (Lipinski definition) is 1. The van der Waals surface area contributed by atoms with Crippen LogP contribution in [0.4, 0.5) is 0 Å². The molecule has 1 aliphatic rings. The lowest BCUT2D eigenvalue weighted by Crippen LogP contribution is -2.41. The third-order valence-electron chi connectivity index (χ3n) is 5.14. The molecule has 1 saturated heterocycles. The third-order valence-corrected chi connectivity index (χ3v) is 5.14. The van der Waals surface area contributed by atoms with Crippen molar-refractivity contribution < 1.29 is 9.53 Å². The van der Waals surface area contributed by atoms with Gasteiger partial charge in [0.15, 0.2) is 0 Å². The van der Waals surface area contributed by atoms with Gasteiger partial charge in [0.2, 0.25) is 0 Å². The lowest BCUT2D eigenvalue weighted by Gasteiger charge is -2.32. The number of likely N-dealkylation sites (tertiary alicyclic amines) is 1. The van der Waals surface area contributed by atoms with Crippen molar-refractivity contribution in [2.24, 2.45) is 0 Å². The number of nitrogens with zero attached hydrogens (tertiary/aromatic N) is 3.